The lowest BCUT2D eigenvalue weighted by molar-refractivity contribution is -0.131. The summed E-state index contributed by atoms with van der Waals surface area (Å²) in [5.41, 5.74) is 5.83. The number of hydrogen-bond acceptors (Lipinski definition) is 3. The van der Waals surface area contributed by atoms with Gasteiger partial charge in [0.05, 0.1) is 0 Å². The summed E-state index contributed by atoms with van der Waals surface area (Å²) in [6, 6.07) is 0.187. The molecule has 0 bridgehead atoms. The van der Waals surface area contributed by atoms with Crippen LogP contribution in [0.4, 0.5) is 0 Å². The summed E-state index contributed by atoms with van der Waals surface area (Å²) in [6.45, 7) is 7.90. The number of nitrogens with zero attached hydrogens (tertiary/aromatic N) is 2. The van der Waals surface area contributed by atoms with Crippen LogP contribution in [0.1, 0.15) is 39.5 Å². The summed E-state index contributed by atoms with van der Waals surface area (Å²) in [4.78, 5) is 16.4. The molecule has 0 aromatic heterocycles. The van der Waals surface area contributed by atoms with E-state index >= 15 is 0 Å². The van der Waals surface area contributed by atoms with E-state index in [1.807, 2.05) is 4.90 Å². The van der Waals surface area contributed by atoms with Gasteiger partial charge in [-0.25, -0.2) is 0 Å². The Hall–Kier alpha value is -0.610. The molecule has 1 amide bonds. The maximum atomic E-state index is 12.1. The molecule has 4 heteroatoms. The number of likely N-dealkylation sites (N-methyl/N-ethyl adjacent to an activating group) is 1. The Morgan fingerprint density at radius 2 is 2.00 bits per heavy atom. The highest BCUT2D eigenvalue weighted by atomic mass is 16.2. The highest BCUT2D eigenvalue weighted by molar-refractivity contribution is 5.77. The van der Waals surface area contributed by atoms with E-state index in [0.29, 0.717) is 18.9 Å². The fourth-order valence-corrected chi connectivity index (χ4v) is 2.49. The number of carbonyl (C=O) groups excluding carboxylic acids is 1. The number of rotatable bonds is 7. The van der Waals surface area contributed by atoms with Gasteiger partial charge in [0.1, 0.15) is 0 Å². The largest absolute Gasteiger partial charge is 0.343 e. The van der Waals surface area contributed by atoms with Gasteiger partial charge < -0.3 is 15.5 Å². The summed E-state index contributed by atoms with van der Waals surface area (Å²) in [6.07, 6.45) is 4.05. The Balaban J connectivity index is 2.42. The Morgan fingerprint density at radius 3 is 2.50 bits per heavy atom. The molecule has 106 valence electrons. The zero-order chi connectivity index (χ0) is 13.5. The number of carbonyl (C=O) groups is 1. The Morgan fingerprint density at radius 1 is 1.39 bits per heavy atom. The quantitative estimate of drug-likeness (QED) is 0.746. The molecule has 2 N–H and O–H groups in total. The second-order valence-electron chi connectivity index (χ2n) is 5.63. The van der Waals surface area contributed by atoms with E-state index in [1.165, 1.54) is 6.42 Å². The molecular formula is C14H29N3O. The van der Waals surface area contributed by atoms with E-state index in [-0.39, 0.29) is 11.9 Å². The molecule has 2 unspecified atom stereocenters. The molecule has 4 nitrogen and oxygen atoms in total. The number of likely N-dealkylation sites (tertiary alicyclic amines) is 1. The summed E-state index contributed by atoms with van der Waals surface area (Å²) in [7, 11) is 2.08. The van der Waals surface area contributed by atoms with Gasteiger partial charge in [0.2, 0.25) is 5.91 Å². The minimum absolute atomic E-state index is 0.187. The van der Waals surface area contributed by atoms with Crippen LogP contribution in [0.3, 0.4) is 0 Å². The van der Waals surface area contributed by atoms with Gasteiger partial charge in [0, 0.05) is 38.6 Å². The summed E-state index contributed by atoms with van der Waals surface area (Å²) in [5.74, 6) is 0.935. The molecular weight excluding hydrogens is 226 g/mol. The third-order valence-corrected chi connectivity index (χ3v) is 4.06. The molecule has 1 saturated heterocycles. The molecule has 0 aromatic carbocycles. The molecule has 1 fully saturated rings. The van der Waals surface area contributed by atoms with Crippen molar-refractivity contribution < 1.29 is 4.79 Å². The summed E-state index contributed by atoms with van der Waals surface area (Å²) >= 11 is 0. The maximum absolute atomic E-state index is 12.1. The van der Waals surface area contributed by atoms with Crippen LogP contribution in [0.2, 0.25) is 0 Å². The van der Waals surface area contributed by atoms with Crippen LogP contribution in [-0.4, -0.2) is 55.0 Å². The van der Waals surface area contributed by atoms with Crippen molar-refractivity contribution in [3.63, 3.8) is 0 Å². The zero-order valence-corrected chi connectivity index (χ0v) is 12.2. The van der Waals surface area contributed by atoms with Crippen molar-refractivity contribution in [2.45, 2.75) is 45.6 Å². The van der Waals surface area contributed by atoms with Gasteiger partial charge in [-0.15, -0.1) is 0 Å². The average Bonchev–Trinajstić information content (AvgIpc) is 2.89. The molecule has 1 aliphatic heterocycles. The van der Waals surface area contributed by atoms with Crippen LogP contribution in [0, 0.1) is 5.92 Å². The predicted octanol–water partition coefficient (Wildman–Crippen LogP) is 1.30. The first-order chi connectivity index (χ1) is 8.58. The van der Waals surface area contributed by atoms with Gasteiger partial charge in [-0.1, -0.05) is 20.3 Å². The Kier molecular flexibility index (Phi) is 6.65. The van der Waals surface area contributed by atoms with Gasteiger partial charge in [-0.2, -0.15) is 0 Å². The number of hydrogen-bond donors (Lipinski definition) is 1. The van der Waals surface area contributed by atoms with Crippen molar-refractivity contribution in [1.82, 2.24) is 9.80 Å². The van der Waals surface area contributed by atoms with E-state index in [4.69, 9.17) is 5.73 Å². The number of amides is 1. The molecule has 1 aliphatic rings. The first-order valence-corrected chi connectivity index (χ1v) is 7.26. The minimum Gasteiger partial charge on any atom is -0.343 e. The Bertz CT molecular complexity index is 251. The van der Waals surface area contributed by atoms with Crippen molar-refractivity contribution in [3.8, 4) is 0 Å². The normalized spacial score (nSPS) is 19.3. The van der Waals surface area contributed by atoms with Crippen LogP contribution < -0.4 is 5.73 Å². The van der Waals surface area contributed by atoms with Gasteiger partial charge in [0.25, 0.3) is 0 Å². The third kappa shape index (κ3) is 4.58. The van der Waals surface area contributed by atoms with Crippen molar-refractivity contribution in [2.24, 2.45) is 11.7 Å². The molecule has 18 heavy (non-hydrogen) atoms. The molecule has 0 aliphatic carbocycles. The van der Waals surface area contributed by atoms with Crippen LogP contribution in [0.15, 0.2) is 0 Å². The second kappa shape index (κ2) is 7.74. The maximum Gasteiger partial charge on any atom is 0.224 e. The molecule has 1 rings (SSSR count). The smallest absolute Gasteiger partial charge is 0.224 e. The number of nitrogens with two attached hydrogens (primary N) is 1. The second-order valence-corrected chi connectivity index (χ2v) is 5.63. The molecule has 0 saturated carbocycles. The first kappa shape index (κ1) is 15.4. The van der Waals surface area contributed by atoms with E-state index in [9.17, 15) is 4.79 Å². The highest BCUT2D eigenvalue weighted by Crippen LogP contribution is 2.13. The molecule has 0 radical (unpaired) electrons. The van der Waals surface area contributed by atoms with E-state index in [1.54, 1.807) is 0 Å². The fourth-order valence-electron chi connectivity index (χ4n) is 2.49. The van der Waals surface area contributed by atoms with Gasteiger partial charge in [-0.05, 0) is 25.8 Å². The zero-order valence-electron chi connectivity index (χ0n) is 12.2. The molecule has 2 atom stereocenters. The van der Waals surface area contributed by atoms with Gasteiger partial charge in [0.15, 0.2) is 0 Å². The van der Waals surface area contributed by atoms with Crippen molar-refractivity contribution in [3.05, 3.63) is 0 Å². The third-order valence-electron chi connectivity index (χ3n) is 4.06. The lowest BCUT2D eigenvalue weighted by Gasteiger charge is -2.30. The lowest BCUT2D eigenvalue weighted by Crippen LogP contribution is -2.44. The minimum atomic E-state index is 0.187. The predicted molar refractivity (Wildman–Crippen MR) is 75.4 cm³/mol. The summed E-state index contributed by atoms with van der Waals surface area (Å²) < 4.78 is 0. The Labute approximate surface area is 111 Å². The van der Waals surface area contributed by atoms with Gasteiger partial charge >= 0.3 is 0 Å². The topological polar surface area (TPSA) is 49.6 Å². The van der Waals surface area contributed by atoms with Crippen molar-refractivity contribution >= 4 is 5.91 Å². The first-order valence-electron chi connectivity index (χ1n) is 7.26. The van der Waals surface area contributed by atoms with Gasteiger partial charge in [-0.3, -0.25) is 4.79 Å². The van der Waals surface area contributed by atoms with Crippen LogP contribution in [0.25, 0.3) is 0 Å². The van der Waals surface area contributed by atoms with E-state index < -0.39 is 0 Å². The monoisotopic (exact) mass is 255 g/mol. The van der Waals surface area contributed by atoms with Crippen LogP contribution in [0.5, 0.6) is 0 Å². The molecule has 1 heterocycles. The molecule has 0 spiro atoms. The fraction of sp³-hybridized carbons (Fsp3) is 0.929. The average molecular weight is 255 g/mol. The summed E-state index contributed by atoms with van der Waals surface area (Å²) in [5, 5.41) is 0. The van der Waals surface area contributed by atoms with Crippen molar-refractivity contribution in [2.75, 3.05) is 33.2 Å². The lowest BCUT2D eigenvalue weighted by atomic mass is 10.1. The highest BCUT2D eigenvalue weighted by Gasteiger charge is 2.23. The van der Waals surface area contributed by atoms with Crippen LogP contribution >= 0.6 is 0 Å². The van der Waals surface area contributed by atoms with Crippen molar-refractivity contribution in [1.29, 1.82) is 0 Å². The standard InChI is InChI=1S/C14H29N3O/c1-4-12(2)11-16(3)13(10-15)9-14(18)17-7-5-6-8-17/h12-13H,4-11,15H2,1-3H3. The SMILES string of the molecule is CCC(C)CN(C)C(CN)CC(=O)N1CCCC1. The molecule has 0 aromatic rings. The van der Waals surface area contributed by atoms with Crippen LogP contribution in [-0.2, 0) is 4.79 Å². The van der Waals surface area contributed by atoms with E-state index in [2.05, 4.69) is 25.8 Å². The van der Waals surface area contributed by atoms with E-state index in [0.717, 1.165) is 32.5 Å².